The van der Waals surface area contributed by atoms with Gasteiger partial charge >= 0.3 is 0 Å². The molecule has 0 aliphatic heterocycles. The quantitative estimate of drug-likeness (QED) is 0.534. The van der Waals surface area contributed by atoms with Gasteiger partial charge in [-0.1, -0.05) is 45.3 Å². The Hall–Kier alpha value is -0.260. The van der Waals surface area contributed by atoms with Crippen molar-refractivity contribution in [1.82, 2.24) is 0 Å². The Bertz CT molecular complexity index is 172. The smallest absolute Gasteiger partial charge is 0.0323 e. The maximum atomic E-state index is 4.08. The Morgan fingerprint density at radius 3 is 2.43 bits per heavy atom. The lowest BCUT2D eigenvalue weighted by Gasteiger charge is -2.33. The molecule has 0 saturated heterocycles. The van der Waals surface area contributed by atoms with E-state index < -0.39 is 0 Å². The second-order valence-corrected chi connectivity index (χ2v) is 5.33. The zero-order valence-electron chi connectivity index (χ0n) is 10.1. The number of hydrogen-bond donors (Lipinski definition) is 0. The van der Waals surface area contributed by atoms with Crippen molar-refractivity contribution in [3.05, 3.63) is 12.2 Å². The van der Waals surface area contributed by atoms with Crippen LogP contribution in [-0.4, -0.2) is 0 Å². The monoisotopic (exact) mass is 194 g/mol. The minimum Gasteiger partial charge on any atom is -0.0999 e. The predicted octanol–water partition coefficient (Wildman–Crippen LogP) is 5.09. The molecular weight excluding hydrogens is 168 g/mol. The Kier molecular flexibility index (Phi) is 4.71. The molecule has 0 aromatic heterocycles. The minimum atomic E-state index is 0.673. The van der Waals surface area contributed by atoms with Crippen LogP contribution in [0.2, 0.25) is 0 Å². The van der Waals surface area contributed by atoms with E-state index >= 15 is 0 Å². The molecule has 0 radical (unpaired) electrons. The van der Waals surface area contributed by atoms with Crippen molar-refractivity contribution in [3.8, 4) is 0 Å². The first-order valence-electron chi connectivity index (χ1n) is 6.33. The van der Waals surface area contributed by atoms with Gasteiger partial charge in [-0.2, -0.15) is 0 Å². The summed E-state index contributed by atoms with van der Waals surface area (Å²) in [6, 6.07) is 0. The van der Waals surface area contributed by atoms with Gasteiger partial charge in [0.2, 0.25) is 0 Å². The zero-order valence-corrected chi connectivity index (χ0v) is 10.1. The molecule has 14 heavy (non-hydrogen) atoms. The van der Waals surface area contributed by atoms with E-state index in [9.17, 15) is 0 Å². The van der Waals surface area contributed by atoms with Crippen molar-refractivity contribution in [2.45, 2.75) is 71.6 Å². The van der Waals surface area contributed by atoms with Crippen LogP contribution in [0.1, 0.15) is 71.6 Å². The van der Waals surface area contributed by atoms with Crippen molar-refractivity contribution in [2.75, 3.05) is 0 Å². The molecular formula is C14H26. The molecule has 0 aromatic rings. The van der Waals surface area contributed by atoms with Gasteiger partial charge in [0.15, 0.2) is 0 Å². The van der Waals surface area contributed by atoms with Crippen LogP contribution in [0.3, 0.4) is 0 Å². The lowest BCUT2D eigenvalue weighted by molar-refractivity contribution is 0.194. The van der Waals surface area contributed by atoms with Gasteiger partial charge in [0.25, 0.3) is 0 Å². The van der Waals surface area contributed by atoms with Crippen LogP contribution in [0.4, 0.5) is 0 Å². The van der Waals surface area contributed by atoms with Gasteiger partial charge in [0.1, 0.15) is 0 Å². The summed E-state index contributed by atoms with van der Waals surface area (Å²) < 4.78 is 0. The van der Waals surface area contributed by atoms with Crippen molar-refractivity contribution in [1.29, 1.82) is 0 Å². The van der Waals surface area contributed by atoms with E-state index in [1.54, 1.807) is 0 Å². The fraction of sp³-hybridized carbons (Fsp3) is 0.857. The van der Waals surface area contributed by atoms with Crippen molar-refractivity contribution >= 4 is 0 Å². The summed E-state index contributed by atoms with van der Waals surface area (Å²) in [5.41, 5.74) is 2.11. The maximum Gasteiger partial charge on any atom is -0.0323 e. The molecule has 0 heterocycles. The summed E-state index contributed by atoms with van der Waals surface area (Å²) in [4.78, 5) is 0. The zero-order chi connectivity index (χ0) is 10.4. The number of hydrogen-bond acceptors (Lipinski definition) is 0. The van der Waals surface area contributed by atoms with Gasteiger partial charge in [-0.3, -0.25) is 0 Å². The molecule has 1 rings (SSSR count). The van der Waals surface area contributed by atoms with Gasteiger partial charge in [-0.25, -0.2) is 0 Å². The molecule has 1 fully saturated rings. The van der Waals surface area contributed by atoms with E-state index in [2.05, 4.69) is 20.4 Å². The van der Waals surface area contributed by atoms with Gasteiger partial charge in [-0.15, -0.1) is 0 Å². The van der Waals surface area contributed by atoms with Crippen molar-refractivity contribution in [3.63, 3.8) is 0 Å². The average Bonchev–Trinajstić information content (AvgIpc) is 2.18. The first-order chi connectivity index (χ1) is 6.66. The Labute approximate surface area is 89.8 Å². The SMILES string of the molecule is C=C(CC)CCCC1(C)CCCCC1. The molecule has 0 N–H and O–H groups in total. The van der Waals surface area contributed by atoms with Crippen LogP contribution < -0.4 is 0 Å². The second-order valence-electron chi connectivity index (χ2n) is 5.33. The first-order valence-corrected chi connectivity index (χ1v) is 6.33. The molecule has 0 atom stereocenters. The predicted molar refractivity (Wildman–Crippen MR) is 64.5 cm³/mol. The summed E-state index contributed by atoms with van der Waals surface area (Å²) >= 11 is 0. The van der Waals surface area contributed by atoms with Crippen LogP contribution in [0.25, 0.3) is 0 Å². The topological polar surface area (TPSA) is 0 Å². The van der Waals surface area contributed by atoms with Crippen LogP contribution in [0, 0.1) is 5.41 Å². The van der Waals surface area contributed by atoms with E-state index in [0.717, 1.165) is 6.42 Å². The number of rotatable bonds is 5. The average molecular weight is 194 g/mol. The minimum absolute atomic E-state index is 0.673. The van der Waals surface area contributed by atoms with Crippen LogP contribution in [0.15, 0.2) is 12.2 Å². The molecule has 82 valence electrons. The molecule has 0 aromatic carbocycles. The summed E-state index contributed by atoms with van der Waals surface area (Å²) in [7, 11) is 0. The standard InChI is InChI=1S/C14H26/c1-4-13(2)9-8-12-14(3)10-6-5-7-11-14/h2,4-12H2,1,3H3. The molecule has 0 amide bonds. The summed E-state index contributed by atoms with van der Waals surface area (Å²) in [5.74, 6) is 0. The molecule has 1 aliphatic rings. The van der Waals surface area contributed by atoms with Gasteiger partial charge in [0.05, 0.1) is 0 Å². The van der Waals surface area contributed by atoms with E-state index in [-0.39, 0.29) is 0 Å². The molecule has 0 unspecified atom stereocenters. The molecule has 1 saturated carbocycles. The normalized spacial score (nSPS) is 20.7. The maximum absolute atomic E-state index is 4.08. The van der Waals surface area contributed by atoms with E-state index in [1.807, 2.05) is 0 Å². The van der Waals surface area contributed by atoms with E-state index in [4.69, 9.17) is 0 Å². The van der Waals surface area contributed by atoms with Gasteiger partial charge in [-0.05, 0) is 43.9 Å². The third kappa shape index (κ3) is 3.86. The lowest BCUT2D eigenvalue weighted by atomic mass is 9.72. The fourth-order valence-electron chi connectivity index (χ4n) is 2.60. The van der Waals surface area contributed by atoms with Crippen molar-refractivity contribution < 1.29 is 0 Å². The van der Waals surface area contributed by atoms with Crippen LogP contribution >= 0.6 is 0 Å². The van der Waals surface area contributed by atoms with Crippen LogP contribution in [-0.2, 0) is 0 Å². The Morgan fingerprint density at radius 1 is 1.21 bits per heavy atom. The largest absolute Gasteiger partial charge is 0.0999 e. The molecule has 1 aliphatic carbocycles. The third-order valence-electron chi connectivity index (χ3n) is 3.87. The Morgan fingerprint density at radius 2 is 1.86 bits per heavy atom. The summed E-state index contributed by atoms with van der Waals surface area (Å²) in [6.07, 6.45) is 12.5. The fourth-order valence-corrected chi connectivity index (χ4v) is 2.60. The highest BCUT2D eigenvalue weighted by atomic mass is 14.3. The summed E-state index contributed by atoms with van der Waals surface area (Å²) in [5, 5.41) is 0. The molecule has 0 spiro atoms. The molecule has 0 nitrogen and oxygen atoms in total. The summed E-state index contributed by atoms with van der Waals surface area (Å²) in [6.45, 7) is 8.78. The lowest BCUT2D eigenvalue weighted by Crippen LogP contribution is -2.19. The van der Waals surface area contributed by atoms with E-state index in [1.165, 1.54) is 56.9 Å². The van der Waals surface area contributed by atoms with E-state index in [0.29, 0.717) is 5.41 Å². The highest BCUT2D eigenvalue weighted by Gasteiger charge is 2.25. The highest BCUT2D eigenvalue weighted by molar-refractivity contribution is 4.92. The molecule has 0 bridgehead atoms. The van der Waals surface area contributed by atoms with Gasteiger partial charge < -0.3 is 0 Å². The third-order valence-corrected chi connectivity index (χ3v) is 3.87. The Balaban J connectivity index is 2.18. The first kappa shape index (κ1) is 11.8. The number of allylic oxidation sites excluding steroid dienone is 1. The second kappa shape index (κ2) is 5.58. The highest BCUT2D eigenvalue weighted by Crippen LogP contribution is 2.40. The molecule has 0 heteroatoms. The van der Waals surface area contributed by atoms with Crippen LogP contribution in [0.5, 0.6) is 0 Å². The van der Waals surface area contributed by atoms with Crippen molar-refractivity contribution in [2.24, 2.45) is 5.41 Å². The van der Waals surface area contributed by atoms with Gasteiger partial charge in [0, 0.05) is 0 Å².